The molecule has 3 heterocycles. The topological polar surface area (TPSA) is 32.3 Å². The van der Waals surface area contributed by atoms with Gasteiger partial charge in [-0.15, -0.1) is 11.3 Å². The quantitative estimate of drug-likeness (QED) is 0.793. The number of carbonyl (C=O) groups excluding carboxylic acids is 1. The van der Waals surface area contributed by atoms with Crippen molar-refractivity contribution < 1.29 is 22.4 Å². The number of piperidine rings is 1. The van der Waals surface area contributed by atoms with Crippen molar-refractivity contribution in [2.75, 3.05) is 13.1 Å². The van der Waals surface area contributed by atoms with E-state index in [1.807, 2.05) is 0 Å². The van der Waals surface area contributed by atoms with Crippen LogP contribution in [0.2, 0.25) is 0 Å². The van der Waals surface area contributed by atoms with Gasteiger partial charge < -0.3 is 5.32 Å². The standard InChI is InChI=1S/C18H16F4N2OS/c19-11-2-1-9-7-12(26-14(9)13(11)18(20,21)22)16(25)23-15-10-3-6-24(8-10)17(15)4-5-17/h1-2,7,10,15H,3-6,8H2,(H,23,25)/t10?,15-/m1/s1. The van der Waals surface area contributed by atoms with E-state index >= 15 is 0 Å². The van der Waals surface area contributed by atoms with E-state index in [-0.39, 0.29) is 32.5 Å². The maximum Gasteiger partial charge on any atom is 0.420 e. The van der Waals surface area contributed by atoms with Gasteiger partial charge in [0, 0.05) is 12.1 Å². The molecule has 1 aromatic carbocycles. The molecule has 1 N–H and O–H groups in total. The summed E-state index contributed by atoms with van der Waals surface area (Å²) in [5, 5.41) is 3.31. The minimum Gasteiger partial charge on any atom is -0.346 e. The van der Waals surface area contributed by atoms with Crippen LogP contribution in [0.1, 0.15) is 34.5 Å². The molecule has 2 aliphatic heterocycles. The molecule has 8 heteroatoms. The maximum atomic E-state index is 13.7. The van der Waals surface area contributed by atoms with Crippen molar-refractivity contribution in [2.45, 2.75) is 37.0 Å². The molecule has 1 spiro atoms. The van der Waals surface area contributed by atoms with Gasteiger partial charge in [-0.25, -0.2) is 4.39 Å². The van der Waals surface area contributed by atoms with Gasteiger partial charge in [0.2, 0.25) is 0 Å². The van der Waals surface area contributed by atoms with Crippen molar-refractivity contribution in [3.63, 3.8) is 0 Å². The van der Waals surface area contributed by atoms with Gasteiger partial charge in [0.05, 0.1) is 15.6 Å². The number of benzene rings is 1. The first-order chi connectivity index (χ1) is 12.3. The number of hydrogen-bond donors (Lipinski definition) is 1. The van der Waals surface area contributed by atoms with Gasteiger partial charge in [-0.2, -0.15) is 13.2 Å². The molecule has 3 atom stereocenters. The maximum absolute atomic E-state index is 13.7. The van der Waals surface area contributed by atoms with Crippen LogP contribution in [-0.4, -0.2) is 35.5 Å². The highest BCUT2D eigenvalue weighted by Crippen LogP contribution is 2.55. The Morgan fingerprint density at radius 3 is 2.77 bits per heavy atom. The Balaban J connectivity index is 1.47. The predicted octanol–water partition coefficient (Wildman–Crippen LogP) is 4.03. The van der Waals surface area contributed by atoms with Gasteiger partial charge >= 0.3 is 6.18 Å². The van der Waals surface area contributed by atoms with Crippen molar-refractivity contribution in [1.82, 2.24) is 10.2 Å². The normalized spacial score (nSPS) is 28.8. The summed E-state index contributed by atoms with van der Waals surface area (Å²) < 4.78 is 53.1. The third-order valence-corrected chi connectivity index (χ3v) is 7.26. The molecule has 5 rings (SSSR count). The van der Waals surface area contributed by atoms with Gasteiger partial charge in [0.15, 0.2) is 0 Å². The van der Waals surface area contributed by atoms with Crippen molar-refractivity contribution in [2.24, 2.45) is 5.92 Å². The molecule has 26 heavy (non-hydrogen) atoms. The van der Waals surface area contributed by atoms with Crippen molar-refractivity contribution in [1.29, 1.82) is 0 Å². The lowest BCUT2D eigenvalue weighted by Gasteiger charge is -2.33. The van der Waals surface area contributed by atoms with E-state index in [2.05, 4.69) is 10.2 Å². The van der Waals surface area contributed by atoms with Gasteiger partial charge in [0.25, 0.3) is 5.91 Å². The molecule has 2 unspecified atom stereocenters. The number of alkyl halides is 3. The second kappa shape index (κ2) is 5.19. The fourth-order valence-corrected chi connectivity index (χ4v) is 5.89. The van der Waals surface area contributed by atoms with Crippen LogP contribution in [-0.2, 0) is 6.18 Å². The number of hydrogen-bond acceptors (Lipinski definition) is 3. The third kappa shape index (κ3) is 2.24. The number of rotatable bonds is 2. The molecule has 1 saturated carbocycles. The lowest BCUT2D eigenvalue weighted by Crippen LogP contribution is -2.51. The average molecular weight is 384 g/mol. The van der Waals surface area contributed by atoms with Gasteiger partial charge in [-0.1, -0.05) is 6.07 Å². The summed E-state index contributed by atoms with van der Waals surface area (Å²) >= 11 is 0.711. The summed E-state index contributed by atoms with van der Waals surface area (Å²) in [5.41, 5.74) is -1.22. The molecule has 3 fully saturated rings. The van der Waals surface area contributed by atoms with Crippen LogP contribution in [0.4, 0.5) is 17.6 Å². The first-order valence-electron chi connectivity index (χ1n) is 8.65. The van der Waals surface area contributed by atoms with Crippen LogP contribution in [0.25, 0.3) is 10.1 Å². The van der Waals surface area contributed by atoms with Crippen LogP contribution < -0.4 is 5.32 Å². The molecule has 2 bridgehead atoms. The fourth-order valence-electron chi connectivity index (χ4n) is 4.77. The Morgan fingerprint density at radius 2 is 2.08 bits per heavy atom. The highest BCUT2D eigenvalue weighted by Gasteiger charge is 2.63. The zero-order chi connectivity index (χ0) is 18.3. The first kappa shape index (κ1) is 16.5. The van der Waals surface area contributed by atoms with E-state index in [1.165, 1.54) is 12.1 Å². The summed E-state index contributed by atoms with van der Waals surface area (Å²) in [6.07, 6.45) is -1.63. The Morgan fingerprint density at radius 1 is 1.31 bits per heavy atom. The molecule has 3 aliphatic rings. The number of fused-ring (bicyclic) bond motifs is 4. The molecule has 138 valence electrons. The molecule has 2 aromatic rings. The van der Waals surface area contributed by atoms with E-state index in [1.54, 1.807) is 0 Å². The lowest BCUT2D eigenvalue weighted by atomic mass is 9.92. The molecule has 1 aliphatic carbocycles. The number of amides is 1. The molecule has 0 radical (unpaired) electrons. The lowest BCUT2D eigenvalue weighted by molar-refractivity contribution is -0.138. The van der Waals surface area contributed by atoms with Gasteiger partial charge in [-0.3, -0.25) is 9.69 Å². The molecular formula is C18H16F4N2OS. The van der Waals surface area contributed by atoms with Gasteiger partial charge in [-0.05, 0) is 49.2 Å². The highest BCUT2D eigenvalue weighted by molar-refractivity contribution is 7.21. The minimum atomic E-state index is -4.79. The number of nitrogens with zero attached hydrogens (tertiary/aromatic N) is 1. The van der Waals surface area contributed by atoms with Crippen LogP contribution >= 0.6 is 11.3 Å². The molecule has 1 amide bonds. The van der Waals surface area contributed by atoms with Crippen LogP contribution in [0.15, 0.2) is 18.2 Å². The SMILES string of the molecule is O=C(N[C@@H]1C2CCN(C2)C12CC2)c1cc2ccc(F)c(C(F)(F)F)c2s1. The first-order valence-corrected chi connectivity index (χ1v) is 9.46. The van der Waals surface area contributed by atoms with Gasteiger partial charge in [0.1, 0.15) is 11.4 Å². The number of thiophene rings is 1. The zero-order valence-electron chi connectivity index (χ0n) is 13.7. The molecular weight excluding hydrogens is 368 g/mol. The van der Waals surface area contributed by atoms with E-state index < -0.39 is 17.6 Å². The highest BCUT2D eigenvalue weighted by atomic mass is 32.1. The zero-order valence-corrected chi connectivity index (χ0v) is 14.5. The molecule has 2 saturated heterocycles. The predicted molar refractivity (Wildman–Crippen MR) is 89.7 cm³/mol. The molecule has 3 nitrogen and oxygen atoms in total. The summed E-state index contributed by atoms with van der Waals surface area (Å²) in [4.78, 5) is 15.3. The van der Waals surface area contributed by atoms with Crippen LogP contribution in [0, 0.1) is 11.7 Å². The Bertz CT molecular complexity index is 918. The Labute approximate surface area is 151 Å². The summed E-state index contributed by atoms with van der Waals surface area (Å²) in [6.45, 7) is 2.05. The van der Waals surface area contributed by atoms with Crippen LogP contribution in [0.5, 0.6) is 0 Å². The van der Waals surface area contributed by atoms with Crippen molar-refractivity contribution in [3.8, 4) is 0 Å². The van der Waals surface area contributed by atoms with Crippen molar-refractivity contribution >= 4 is 27.3 Å². The van der Waals surface area contributed by atoms with Crippen molar-refractivity contribution in [3.05, 3.63) is 34.5 Å². The minimum absolute atomic E-state index is 0.0628. The second-order valence-electron chi connectivity index (χ2n) is 7.50. The summed E-state index contributed by atoms with van der Waals surface area (Å²) in [5.74, 6) is -1.25. The number of carbonyl (C=O) groups is 1. The van der Waals surface area contributed by atoms with Crippen LogP contribution in [0.3, 0.4) is 0 Å². The largest absolute Gasteiger partial charge is 0.420 e. The summed E-state index contributed by atoms with van der Waals surface area (Å²) in [6, 6.07) is 3.59. The second-order valence-corrected chi connectivity index (χ2v) is 8.55. The fraction of sp³-hybridized carbons (Fsp3) is 0.500. The average Bonchev–Trinajstić information content (AvgIpc) is 2.94. The van der Waals surface area contributed by atoms with E-state index in [0.717, 1.165) is 38.4 Å². The third-order valence-electron chi connectivity index (χ3n) is 6.10. The number of nitrogens with one attached hydrogen (secondary N) is 1. The number of halogens is 4. The smallest absolute Gasteiger partial charge is 0.346 e. The molecule has 1 aromatic heterocycles. The monoisotopic (exact) mass is 384 g/mol. The Kier molecular flexibility index (Phi) is 3.30. The summed E-state index contributed by atoms with van der Waals surface area (Å²) in [7, 11) is 0. The van der Waals surface area contributed by atoms with E-state index in [4.69, 9.17) is 0 Å². The Hall–Kier alpha value is -1.67. The van der Waals surface area contributed by atoms with E-state index in [9.17, 15) is 22.4 Å². The van der Waals surface area contributed by atoms with E-state index in [0.29, 0.717) is 17.3 Å².